The summed E-state index contributed by atoms with van der Waals surface area (Å²) in [6.07, 6.45) is 2.41. The van der Waals surface area contributed by atoms with Gasteiger partial charge in [0.15, 0.2) is 0 Å². The molecule has 13 heavy (non-hydrogen) atoms. The molecular formula is C10H18N2O. The maximum absolute atomic E-state index is 8.91. The molecule has 0 heterocycles. The molecule has 0 saturated carbocycles. The van der Waals surface area contributed by atoms with Crippen LogP contribution in [0.4, 0.5) is 0 Å². The van der Waals surface area contributed by atoms with Crippen LogP contribution in [0.25, 0.3) is 0 Å². The summed E-state index contributed by atoms with van der Waals surface area (Å²) in [4.78, 5) is 0. The van der Waals surface area contributed by atoms with Gasteiger partial charge in [0.25, 0.3) is 0 Å². The van der Waals surface area contributed by atoms with Gasteiger partial charge < -0.3 is 0 Å². The fraction of sp³-hybridized carbons (Fsp3) is 0.400. The Hall–Kier alpha value is -1.06. The van der Waals surface area contributed by atoms with Gasteiger partial charge in [-0.25, -0.2) is 0 Å². The summed E-state index contributed by atoms with van der Waals surface area (Å²) >= 11 is 0. The molecule has 0 radical (unpaired) electrons. The van der Waals surface area contributed by atoms with Crippen LogP contribution in [0.5, 0.6) is 0 Å². The normalized spacial score (nSPS) is 9.23. The SMILES string of the molecule is C=CC(=C)N(NO)C(CC)=C(C)C. The smallest absolute Gasteiger partial charge is 0.0518 e. The van der Waals surface area contributed by atoms with E-state index in [9.17, 15) is 0 Å². The van der Waals surface area contributed by atoms with E-state index in [1.807, 2.05) is 20.8 Å². The van der Waals surface area contributed by atoms with Crippen LogP contribution in [0.2, 0.25) is 0 Å². The van der Waals surface area contributed by atoms with Crippen LogP contribution >= 0.6 is 0 Å². The Bertz CT molecular complexity index is 227. The predicted molar refractivity (Wildman–Crippen MR) is 54.8 cm³/mol. The lowest BCUT2D eigenvalue weighted by molar-refractivity contribution is 0.0291. The molecule has 0 bridgehead atoms. The van der Waals surface area contributed by atoms with E-state index in [1.54, 1.807) is 6.08 Å². The molecule has 0 saturated heterocycles. The first-order valence-corrected chi connectivity index (χ1v) is 4.26. The molecule has 0 fully saturated rings. The zero-order chi connectivity index (χ0) is 10.4. The molecule has 0 aromatic heterocycles. The molecule has 0 atom stereocenters. The van der Waals surface area contributed by atoms with Gasteiger partial charge in [-0.1, -0.05) is 25.7 Å². The molecule has 3 nitrogen and oxygen atoms in total. The first-order valence-electron chi connectivity index (χ1n) is 4.26. The maximum atomic E-state index is 8.91. The largest absolute Gasteiger partial charge is 0.297 e. The third-order valence-electron chi connectivity index (χ3n) is 1.80. The molecular weight excluding hydrogens is 164 g/mol. The lowest BCUT2D eigenvalue weighted by Crippen LogP contribution is -2.33. The van der Waals surface area contributed by atoms with E-state index >= 15 is 0 Å². The number of hydrazine groups is 1. The van der Waals surface area contributed by atoms with Crippen molar-refractivity contribution in [2.24, 2.45) is 0 Å². The first-order chi connectivity index (χ1) is 6.08. The zero-order valence-electron chi connectivity index (χ0n) is 8.59. The van der Waals surface area contributed by atoms with Crippen LogP contribution in [0.15, 0.2) is 36.2 Å². The highest BCUT2D eigenvalue weighted by molar-refractivity contribution is 5.19. The zero-order valence-corrected chi connectivity index (χ0v) is 8.59. The first kappa shape index (κ1) is 11.9. The van der Waals surface area contributed by atoms with Crippen molar-refractivity contribution in [2.75, 3.05) is 0 Å². The highest BCUT2D eigenvalue weighted by Gasteiger charge is 2.09. The number of hydrogen-bond acceptors (Lipinski definition) is 3. The van der Waals surface area contributed by atoms with Crippen molar-refractivity contribution < 1.29 is 5.21 Å². The van der Waals surface area contributed by atoms with E-state index < -0.39 is 0 Å². The van der Waals surface area contributed by atoms with E-state index in [4.69, 9.17) is 5.21 Å². The number of hydrogen-bond donors (Lipinski definition) is 2. The summed E-state index contributed by atoms with van der Waals surface area (Å²) in [6, 6.07) is 0. The molecule has 3 heteroatoms. The Morgan fingerprint density at radius 2 is 2.08 bits per heavy atom. The molecule has 0 amide bonds. The third-order valence-corrected chi connectivity index (χ3v) is 1.80. The van der Waals surface area contributed by atoms with Crippen LogP contribution < -0.4 is 5.59 Å². The molecule has 0 aromatic carbocycles. The second-order valence-electron chi connectivity index (χ2n) is 2.93. The maximum Gasteiger partial charge on any atom is 0.0518 e. The van der Waals surface area contributed by atoms with Gasteiger partial charge in [0.05, 0.1) is 5.70 Å². The Balaban J connectivity index is 4.85. The number of allylic oxidation sites excluding steroid dienone is 3. The second-order valence-corrected chi connectivity index (χ2v) is 2.93. The van der Waals surface area contributed by atoms with Gasteiger partial charge in [-0.3, -0.25) is 10.2 Å². The fourth-order valence-electron chi connectivity index (χ4n) is 1.12. The lowest BCUT2D eigenvalue weighted by Gasteiger charge is -2.25. The number of rotatable bonds is 5. The van der Waals surface area contributed by atoms with Gasteiger partial charge in [-0.15, -0.1) is 5.59 Å². The average Bonchev–Trinajstić information content (AvgIpc) is 2.12. The molecule has 0 aromatic rings. The average molecular weight is 182 g/mol. The van der Waals surface area contributed by atoms with Crippen molar-refractivity contribution in [3.05, 3.63) is 36.2 Å². The summed E-state index contributed by atoms with van der Waals surface area (Å²) in [6.45, 7) is 13.3. The Labute approximate surface area is 80.0 Å². The van der Waals surface area contributed by atoms with Crippen molar-refractivity contribution in [1.29, 1.82) is 0 Å². The van der Waals surface area contributed by atoms with E-state index in [2.05, 4.69) is 18.7 Å². The van der Waals surface area contributed by atoms with Gasteiger partial charge in [0, 0.05) is 5.70 Å². The fourth-order valence-corrected chi connectivity index (χ4v) is 1.12. The Morgan fingerprint density at radius 1 is 1.54 bits per heavy atom. The topological polar surface area (TPSA) is 35.5 Å². The summed E-state index contributed by atoms with van der Waals surface area (Å²) in [5, 5.41) is 10.4. The van der Waals surface area contributed by atoms with Gasteiger partial charge in [-0.05, 0) is 26.3 Å². The van der Waals surface area contributed by atoms with Gasteiger partial charge in [-0.2, -0.15) is 0 Å². The molecule has 0 spiro atoms. The van der Waals surface area contributed by atoms with Crippen LogP contribution in [0.3, 0.4) is 0 Å². The van der Waals surface area contributed by atoms with E-state index in [1.165, 1.54) is 5.01 Å². The van der Waals surface area contributed by atoms with Crippen molar-refractivity contribution >= 4 is 0 Å². The molecule has 0 aliphatic carbocycles. The molecule has 74 valence electrons. The standard InChI is InChI=1S/C10H18N2O/c1-6-9(5)12(11-13)10(7-2)8(3)4/h6,11,13H,1,5,7H2,2-4H3. The highest BCUT2D eigenvalue weighted by Crippen LogP contribution is 2.16. The predicted octanol–water partition coefficient (Wildman–Crippen LogP) is 2.59. The Morgan fingerprint density at radius 3 is 2.31 bits per heavy atom. The summed E-state index contributed by atoms with van der Waals surface area (Å²) in [5.41, 5.74) is 4.84. The van der Waals surface area contributed by atoms with Gasteiger partial charge >= 0.3 is 0 Å². The van der Waals surface area contributed by atoms with E-state index in [0.29, 0.717) is 5.70 Å². The minimum absolute atomic E-state index is 0.626. The van der Waals surface area contributed by atoms with Crippen molar-refractivity contribution in [1.82, 2.24) is 10.6 Å². The molecule has 0 unspecified atom stereocenters. The number of nitrogens with one attached hydrogen (secondary N) is 1. The number of nitrogens with zero attached hydrogens (tertiary/aromatic N) is 1. The van der Waals surface area contributed by atoms with Crippen LogP contribution in [-0.2, 0) is 0 Å². The van der Waals surface area contributed by atoms with Crippen LogP contribution in [0, 0.1) is 0 Å². The minimum atomic E-state index is 0.626. The summed E-state index contributed by atoms with van der Waals surface area (Å²) in [5.74, 6) is 0. The van der Waals surface area contributed by atoms with Crippen molar-refractivity contribution in [3.8, 4) is 0 Å². The van der Waals surface area contributed by atoms with Crippen LogP contribution in [0.1, 0.15) is 27.2 Å². The highest BCUT2D eigenvalue weighted by atomic mass is 16.5. The summed E-state index contributed by atoms with van der Waals surface area (Å²) < 4.78 is 0. The van der Waals surface area contributed by atoms with E-state index in [-0.39, 0.29) is 0 Å². The van der Waals surface area contributed by atoms with Gasteiger partial charge in [0.2, 0.25) is 0 Å². The van der Waals surface area contributed by atoms with Crippen molar-refractivity contribution in [3.63, 3.8) is 0 Å². The molecule has 0 rings (SSSR count). The van der Waals surface area contributed by atoms with Crippen molar-refractivity contribution in [2.45, 2.75) is 27.2 Å². The van der Waals surface area contributed by atoms with E-state index in [0.717, 1.165) is 17.7 Å². The van der Waals surface area contributed by atoms with Crippen LogP contribution in [-0.4, -0.2) is 10.2 Å². The molecule has 0 aliphatic heterocycles. The lowest BCUT2D eigenvalue weighted by atomic mass is 10.2. The molecule has 2 N–H and O–H groups in total. The van der Waals surface area contributed by atoms with Gasteiger partial charge in [0.1, 0.15) is 0 Å². The summed E-state index contributed by atoms with van der Waals surface area (Å²) in [7, 11) is 0. The Kier molecular flexibility index (Phi) is 5.11. The monoisotopic (exact) mass is 182 g/mol. The quantitative estimate of drug-likeness (QED) is 0.506. The minimum Gasteiger partial charge on any atom is -0.297 e. The second kappa shape index (κ2) is 5.56. The molecule has 0 aliphatic rings. The third kappa shape index (κ3) is 3.05.